The molecule has 4 saturated carbocycles. The number of rotatable bonds is 4. The van der Waals surface area contributed by atoms with E-state index in [-0.39, 0.29) is 35.5 Å². The first kappa shape index (κ1) is 16.4. The van der Waals surface area contributed by atoms with E-state index in [1.165, 1.54) is 19.3 Å². The van der Waals surface area contributed by atoms with Crippen molar-refractivity contribution in [3.63, 3.8) is 0 Å². The van der Waals surface area contributed by atoms with Gasteiger partial charge >= 0.3 is 5.97 Å². The van der Waals surface area contributed by atoms with Crippen LogP contribution in [0.3, 0.4) is 0 Å². The second-order valence-electron chi connectivity index (χ2n) is 8.44. The van der Waals surface area contributed by atoms with Gasteiger partial charge in [-0.25, -0.2) is 8.42 Å². The highest BCUT2D eigenvalue weighted by atomic mass is 32.2. The molecule has 0 aromatic heterocycles. The number of hydrogen-bond acceptors (Lipinski definition) is 5. The van der Waals surface area contributed by atoms with E-state index >= 15 is 0 Å². The molecule has 0 aromatic carbocycles. The molecule has 5 aliphatic rings. The number of carbonyl (C=O) groups is 2. The molecule has 1 aliphatic heterocycles. The summed E-state index contributed by atoms with van der Waals surface area (Å²) in [5.74, 6) is 1.46. The lowest BCUT2D eigenvalue weighted by Crippen LogP contribution is -2.51. The summed E-state index contributed by atoms with van der Waals surface area (Å²) in [5.41, 5.74) is -0.355. The van der Waals surface area contributed by atoms with Crippen LogP contribution in [0.5, 0.6) is 0 Å². The summed E-state index contributed by atoms with van der Waals surface area (Å²) in [6.07, 6.45) is 6.95. The van der Waals surface area contributed by atoms with Gasteiger partial charge in [0, 0.05) is 6.04 Å². The minimum absolute atomic E-state index is 0.0122. The lowest BCUT2D eigenvalue weighted by molar-refractivity contribution is -0.173. The van der Waals surface area contributed by atoms with Crippen molar-refractivity contribution in [3.8, 4) is 0 Å². The number of sulfone groups is 1. The van der Waals surface area contributed by atoms with Gasteiger partial charge in [0.05, 0.1) is 16.9 Å². The Morgan fingerprint density at radius 1 is 1.04 bits per heavy atom. The zero-order valence-electron chi connectivity index (χ0n) is 13.8. The van der Waals surface area contributed by atoms with Crippen molar-refractivity contribution < 1.29 is 22.7 Å². The quantitative estimate of drug-likeness (QED) is 0.762. The molecule has 0 spiro atoms. The first-order valence-electron chi connectivity index (χ1n) is 9.01. The van der Waals surface area contributed by atoms with Gasteiger partial charge in [0.1, 0.15) is 0 Å². The number of hydrogen-bond donors (Lipinski definition) is 1. The monoisotopic (exact) mass is 355 g/mol. The molecule has 1 saturated heterocycles. The van der Waals surface area contributed by atoms with Crippen molar-refractivity contribution in [2.45, 2.75) is 51.0 Å². The fourth-order valence-electron chi connectivity index (χ4n) is 5.82. The summed E-state index contributed by atoms with van der Waals surface area (Å²) < 4.78 is 28.2. The van der Waals surface area contributed by atoms with E-state index in [1.807, 2.05) is 0 Å². The Bertz CT molecular complexity index is 621. The van der Waals surface area contributed by atoms with Crippen LogP contribution < -0.4 is 5.32 Å². The zero-order chi connectivity index (χ0) is 16.9. The molecular formula is C17H25NO5S. The average molecular weight is 355 g/mol. The summed E-state index contributed by atoms with van der Waals surface area (Å²) in [6.45, 7) is -0.295. The lowest BCUT2D eigenvalue weighted by Gasteiger charge is -2.55. The third-order valence-electron chi connectivity index (χ3n) is 6.40. The molecule has 1 N–H and O–H groups in total. The van der Waals surface area contributed by atoms with E-state index in [0.717, 1.165) is 19.3 Å². The molecule has 1 atom stereocenters. The van der Waals surface area contributed by atoms with Crippen LogP contribution in [0.15, 0.2) is 0 Å². The summed E-state index contributed by atoms with van der Waals surface area (Å²) in [7, 11) is -3.03. The van der Waals surface area contributed by atoms with Crippen LogP contribution in [-0.4, -0.2) is 44.4 Å². The Morgan fingerprint density at radius 2 is 1.62 bits per heavy atom. The molecule has 1 heterocycles. The summed E-state index contributed by atoms with van der Waals surface area (Å²) >= 11 is 0. The Kier molecular flexibility index (Phi) is 3.90. The van der Waals surface area contributed by atoms with Gasteiger partial charge in [-0.05, 0) is 62.7 Å². The number of amides is 1. The standard InChI is InChI=1S/C17H25NO5S/c19-15(18-14-1-2-24(21,22)10-14)9-23-16(20)17-6-11-3-12(7-17)5-13(4-11)8-17/h11-14H,1-10H2,(H,18,19). The molecule has 5 rings (SSSR count). The first-order valence-corrected chi connectivity index (χ1v) is 10.8. The Labute approximate surface area is 142 Å². The Hall–Kier alpha value is -1.11. The Balaban J connectivity index is 1.30. The van der Waals surface area contributed by atoms with Gasteiger partial charge in [-0.2, -0.15) is 0 Å². The molecule has 7 heteroatoms. The minimum Gasteiger partial charge on any atom is -0.455 e. The van der Waals surface area contributed by atoms with Gasteiger partial charge in [0.2, 0.25) is 0 Å². The predicted octanol–water partition coefficient (Wildman–Crippen LogP) is 1.05. The third-order valence-corrected chi connectivity index (χ3v) is 8.17. The van der Waals surface area contributed by atoms with E-state index in [1.54, 1.807) is 0 Å². The van der Waals surface area contributed by atoms with Gasteiger partial charge in [-0.3, -0.25) is 9.59 Å². The topological polar surface area (TPSA) is 89.5 Å². The largest absolute Gasteiger partial charge is 0.455 e. The molecule has 1 amide bonds. The highest BCUT2D eigenvalue weighted by Crippen LogP contribution is 2.60. The van der Waals surface area contributed by atoms with E-state index < -0.39 is 15.7 Å². The lowest BCUT2D eigenvalue weighted by atomic mass is 9.49. The summed E-state index contributed by atoms with van der Waals surface area (Å²) in [6, 6.07) is -0.347. The molecular weight excluding hydrogens is 330 g/mol. The maximum atomic E-state index is 12.6. The van der Waals surface area contributed by atoms with Crippen molar-refractivity contribution in [1.82, 2.24) is 5.32 Å². The van der Waals surface area contributed by atoms with Gasteiger partial charge in [-0.1, -0.05) is 0 Å². The molecule has 6 nitrogen and oxygen atoms in total. The fourth-order valence-corrected chi connectivity index (χ4v) is 7.50. The molecule has 134 valence electrons. The van der Waals surface area contributed by atoms with Gasteiger partial charge in [-0.15, -0.1) is 0 Å². The SMILES string of the molecule is O=C(COC(=O)C12CC3CC(CC(C3)C1)C2)NC1CCS(=O)(=O)C1. The smallest absolute Gasteiger partial charge is 0.312 e. The van der Waals surface area contributed by atoms with Crippen LogP contribution in [0, 0.1) is 23.2 Å². The second-order valence-corrected chi connectivity index (χ2v) is 10.7. The normalized spacial score (nSPS) is 42.0. The molecule has 0 aromatic rings. The van der Waals surface area contributed by atoms with Crippen LogP contribution in [0.25, 0.3) is 0 Å². The number of ether oxygens (including phenoxy) is 1. The van der Waals surface area contributed by atoms with Crippen molar-refractivity contribution in [3.05, 3.63) is 0 Å². The van der Waals surface area contributed by atoms with Crippen LogP contribution >= 0.6 is 0 Å². The number of nitrogens with one attached hydrogen (secondary N) is 1. The van der Waals surface area contributed by atoms with Crippen LogP contribution in [-0.2, 0) is 24.2 Å². The minimum atomic E-state index is -3.03. The highest BCUT2D eigenvalue weighted by molar-refractivity contribution is 7.91. The Morgan fingerprint density at radius 3 is 2.12 bits per heavy atom. The molecule has 4 bridgehead atoms. The van der Waals surface area contributed by atoms with Crippen molar-refractivity contribution in [1.29, 1.82) is 0 Å². The second kappa shape index (κ2) is 5.71. The van der Waals surface area contributed by atoms with Crippen molar-refractivity contribution >= 4 is 21.7 Å². The molecule has 1 unspecified atom stereocenters. The summed E-state index contributed by atoms with van der Waals surface area (Å²) in [5, 5.41) is 2.67. The van der Waals surface area contributed by atoms with Gasteiger partial charge < -0.3 is 10.1 Å². The van der Waals surface area contributed by atoms with E-state index in [9.17, 15) is 18.0 Å². The molecule has 5 fully saturated rings. The fraction of sp³-hybridized carbons (Fsp3) is 0.882. The number of carbonyl (C=O) groups excluding carboxylic acids is 2. The van der Waals surface area contributed by atoms with Crippen molar-refractivity contribution in [2.24, 2.45) is 23.2 Å². The molecule has 4 aliphatic carbocycles. The first-order chi connectivity index (χ1) is 11.3. The van der Waals surface area contributed by atoms with Gasteiger partial charge in [0.25, 0.3) is 5.91 Å². The maximum Gasteiger partial charge on any atom is 0.312 e. The average Bonchev–Trinajstić information content (AvgIpc) is 2.82. The maximum absolute atomic E-state index is 12.6. The zero-order valence-corrected chi connectivity index (χ0v) is 14.6. The van der Waals surface area contributed by atoms with Crippen LogP contribution in [0.1, 0.15) is 44.9 Å². The highest BCUT2D eigenvalue weighted by Gasteiger charge is 2.55. The number of esters is 1. The van der Waals surface area contributed by atoms with E-state index in [0.29, 0.717) is 24.2 Å². The van der Waals surface area contributed by atoms with Crippen molar-refractivity contribution in [2.75, 3.05) is 18.1 Å². The summed E-state index contributed by atoms with van der Waals surface area (Å²) in [4.78, 5) is 24.6. The van der Waals surface area contributed by atoms with E-state index in [4.69, 9.17) is 4.74 Å². The van der Waals surface area contributed by atoms with Crippen LogP contribution in [0.2, 0.25) is 0 Å². The molecule has 0 radical (unpaired) electrons. The van der Waals surface area contributed by atoms with Gasteiger partial charge in [0.15, 0.2) is 16.4 Å². The van der Waals surface area contributed by atoms with Crippen LogP contribution in [0.4, 0.5) is 0 Å². The molecule has 24 heavy (non-hydrogen) atoms. The third kappa shape index (κ3) is 3.07. The predicted molar refractivity (Wildman–Crippen MR) is 86.8 cm³/mol. The van der Waals surface area contributed by atoms with E-state index in [2.05, 4.69) is 5.32 Å².